The first-order valence-electron chi connectivity index (χ1n) is 6.86. The number of aromatic nitrogens is 1. The van der Waals surface area contributed by atoms with Crippen LogP contribution in [0.5, 0.6) is 0 Å². The lowest BCUT2D eigenvalue weighted by Gasteiger charge is -2.25. The highest BCUT2D eigenvalue weighted by molar-refractivity contribution is 5.80. The van der Waals surface area contributed by atoms with E-state index >= 15 is 0 Å². The smallest absolute Gasteiger partial charge is 0.390 e. The topological polar surface area (TPSA) is 54.3 Å². The van der Waals surface area contributed by atoms with E-state index < -0.39 is 17.8 Å². The van der Waals surface area contributed by atoms with Crippen LogP contribution in [0.1, 0.15) is 28.6 Å². The van der Waals surface area contributed by atoms with E-state index in [1.165, 1.54) is 12.1 Å². The van der Waals surface area contributed by atoms with Crippen molar-refractivity contribution in [3.05, 3.63) is 58.9 Å². The second-order valence-corrected chi connectivity index (χ2v) is 5.15. The molecule has 120 valence electrons. The van der Waals surface area contributed by atoms with Gasteiger partial charge in [0.15, 0.2) is 0 Å². The Morgan fingerprint density at radius 1 is 1.17 bits per heavy atom. The zero-order valence-electron chi connectivity index (χ0n) is 11.8. The summed E-state index contributed by atoms with van der Waals surface area (Å²) in [7, 11) is 0. The van der Waals surface area contributed by atoms with Gasteiger partial charge >= 0.3 is 6.18 Å². The van der Waals surface area contributed by atoms with Crippen LogP contribution < -0.4 is 5.32 Å². The standard InChI is InChI=1S/C16H13F3N2O2/c17-16(18,19)11-3-1-10(2-4-11)13-7-21-12(8-22)5-6-15(21)14(9-23)20-13/h1-7,9,14,20,22H,8H2. The molecule has 1 aliphatic rings. The molecule has 4 nitrogen and oxygen atoms in total. The fourth-order valence-electron chi connectivity index (χ4n) is 2.56. The summed E-state index contributed by atoms with van der Waals surface area (Å²) < 4.78 is 39.5. The van der Waals surface area contributed by atoms with E-state index in [0.717, 1.165) is 12.1 Å². The molecule has 1 aromatic carbocycles. The first-order valence-corrected chi connectivity index (χ1v) is 6.86. The van der Waals surface area contributed by atoms with Gasteiger partial charge in [0.25, 0.3) is 0 Å². The summed E-state index contributed by atoms with van der Waals surface area (Å²) in [6.45, 7) is -0.206. The Morgan fingerprint density at radius 3 is 2.43 bits per heavy atom. The molecule has 0 radical (unpaired) electrons. The molecular formula is C16H13F3N2O2. The maximum Gasteiger partial charge on any atom is 0.416 e. The molecule has 0 saturated heterocycles. The van der Waals surface area contributed by atoms with Crippen LogP contribution in [0.15, 0.2) is 36.4 Å². The number of aldehydes is 1. The van der Waals surface area contributed by atoms with E-state index in [0.29, 0.717) is 28.9 Å². The SMILES string of the molecule is O=CC1NC(c2ccc(C(F)(F)F)cc2)=Cn2c(CO)ccc21. The summed E-state index contributed by atoms with van der Waals surface area (Å²) >= 11 is 0. The number of carbonyl (C=O) groups is 1. The summed E-state index contributed by atoms with van der Waals surface area (Å²) in [5, 5.41) is 12.3. The maximum atomic E-state index is 12.6. The quantitative estimate of drug-likeness (QED) is 0.855. The molecule has 7 heteroatoms. The van der Waals surface area contributed by atoms with Gasteiger partial charge in [0.1, 0.15) is 12.3 Å². The minimum Gasteiger partial charge on any atom is -0.390 e. The number of nitrogens with one attached hydrogen (secondary N) is 1. The van der Waals surface area contributed by atoms with Gasteiger partial charge in [-0.1, -0.05) is 12.1 Å². The number of hydrogen-bond donors (Lipinski definition) is 2. The molecule has 3 rings (SSSR count). The summed E-state index contributed by atoms with van der Waals surface area (Å²) in [5.74, 6) is 0. The number of nitrogens with zero attached hydrogens (tertiary/aromatic N) is 1. The van der Waals surface area contributed by atoms with Crippen molar-refractivity contribution in [2.75, 3.05) is 0 Å². The molecule has 0 saturated carbocycles. The molecule has 0 amide bonds. The number of fused-ring (bicyclic) bond motifs is 1. The number of halogens is 3. The molecule has 2 N–H and O–H groups in total. The zero-order chi connectivity index (χ0) is 16.6. The Hall–Kier alpha value is -2.54. The number of carbonyl (C=O) groups excluding carboxylic acids is 1. The summed E-state index contributed by atoms with van der Waals surface area (Å²) in [6, 6.07) is 7.46. The fourth-order valence-corrected chi connectivity index (χ4v) is 2.56. The zero-order valence-corrected chi connectivity index (χ0v) is 11.8. The molecule has 23 heavy (non-hydrogen) atoms. The summed E-state index contributed by atoms with van der Waals surface area (Å²) in [5.41, 5.74) is 1.56. The highest BCUT2D eigenvalue weighted by Gasteiger charge is 2.30. The van der Waals surface area contributed by atoms with Gasteiger partial charge < -0.3 is 19.8 Å². The van der Waals surface area contributed by atoms with Crippen molar-refractivity contribution in [1.82, 2.24) is 9.88 Å². The van der Waals surface area contributed by atoms with Crippen LogP contribution in [0.3, 0.4) is 0 Å². The van der Waals surface area contributed by atoms with Gasteiger partial charge in [0.2, 0.25) is 0 Å². The molecule has 2 aromatic rings. The molecular weight excluding hydrogens is 309 g/mol. The molecule has 0 bridgehead atoms. The highest BCUT2D eigenvalue weighted by Crippen LogP contribution is 2.31. The maximum absolute atomic E-state index is 12.6. The lowest BCUT2D eigenvalue weighted by atomic mass is 10.1. The van der Waals surface area contributed by atoms with Gasteiger partial charge in [-0.05, 0) is 29.8 Å². The third-order valence-corrected chi connectivity index (χ3v) is 3.74. The second-order valence-electron chi connectivity index (χ2n) is 5.15. The Bertz CT molecular complexity index is 761. The Labute approximate surface area is 129 Å². The lowest BCUT2D eigenvalue weighted by molar-refractivity contribution is -0.137. The largest absolute Gasteiger partial charge is 0.416 e. The summed E-state index contributed by atoms with van der Waals surface area (Å²) in [4.78, 5) is 11.3. The van der Waals surface area contributed by atoms with Gasteiger partial charge in [0, 0.05) is 11.9 Å². The lowest BCUT2D eigenvalue weighted by Crippen LogP contribution is -2.27. The van der Waals surface area contributed by atoms with Crippen molar-refractivity contribution in [1.29, 1.82) is 0 Å². The van der Waals surface area contributed by atoms with Gasteiger partial charge in [-0.25, -0.2) is 0 Å². The van der Waals surface area contributed by atoms with Gasteiger partial charge in [-0.15, -0.1) is 0 Å². The van der Waals surface area contributed by atoms with Crippen molar-refractivity contribution in [2.45, 2.75) is 18.8 Å². The van der Waals surface area contributed by atoms with E-state index in [4.69, 9.17) is 0 Å². The molecule has 2 heterocycles. The van der Waals surface area contributed by atoms with E-state index in [1.807, 2.05) is 0 Å². The average Bonchev–Trinajstić information content (AvgIpc) is 2.96. The van der Waals surface area contributed by atoms with E-state index in [9.17, 15) is 23.1 Å². The molecule has 0 fully saturated rings. The normalized spacial score (nSPS) is 17.2. The Morgan fingerprint density at radius 2 is 1.87 bits per heavy atom. The van der Waals surface area contributed by atoms with Gasteiger partial charge in [-0.3, -0.25) is 0 Å². The van der Waals surface area contributed by atoms with Crippen LogP contribution in [0.25, 0.3) is 11.9 Å². The predicted octanol–water partition coefficient (Wildman–Crippen LogP) is 2.80. The minimum absolute atomic E-state index is 0.206. The van der Waals surface area contributed by atoms with Crippen LogP contribution in [-0.2, 0) is 17.6 Å². The van der Waals surface area contributed by atoms with Crippen LogP contribution in [0.2, 0.25) is 0 Å². The third-order valence-electron chi connectivity index (χ3n) is 3.74. The van der Waals surface area contributed by atoms with Crippen LogP contribution >= 0.6 is 0 Å². The third kappa shape index (κ3) is 2.75. The van der Waals surface area contributed by atoms with Crippen molar-refractivity contribution < 1.29 is 23.1 Å². The fraction of sp³-hybridized carbons (Fsp3) is 0.188. The number of rotatable bonds is 3. The minimum atomic E-state index is -4.39. The Kier molecular flexibility index (Phi) is 3.73. The monoisotopic (exact) mass is 322 g/mol. The van der Waals surface area contributed by atoms with Gasteiger partial charge in [-0.2, -0.15) is 13.2 Å². The van der Waals surface area contributed by atoms with E-state index in [2.05, 4.69) is 5.32 Å². The second kappa shape index (κ2) is 5.58. The average molecular weight is 322 g/mol. The van der Waals surface area contributed by atoms with Crippen LogP contribution in [0.4, 0.5) is 13.2 Å². The molecule has 0 spiro atoms. The molecule has 1 atom stereocenters. The van der Waals surface area contributed by atoms with E-state index in [-0.39, 0.29) is 6.61 Å². The first-order chi connectivity index (χ1) is 10.9. The number of aliphatic hydroxyl groups is 1. The molecule has 0 aliphatic carbocycles. The van der Waals surface area contributed by atoms with Crippen LogP contribution in [0, 0.1) is 0 Å². The Balaban J connectivity index is 2.01. The van der Waals surface area contributed by atoms with Crippen molar-refractivity contribution in [3.63, 3.8) is 0 Å². The van der Waals surface area contributed by atoms with Gasteiger partial charge in [0.05, 0.1) is 23.6 Å². The van der Waals surface area contributed by atoms with Crippen LogP contribution in [-0.4, -0.2) is 16.0 Å². The van der Waals surface area contributed by atoms with Crippen molar-refractivity contribution in [2.24, 2.45) is 0 Å². The molecule has 1 aromatic heterocycles. The highest BCUT2D eigenvalue weighted by atomic mass is 19.4. The molecule has 1 aliphatic heterocycles. The number of aliphatic hydroxyl groups excluding tert-OH is 1. The number of alkyl halides is 3. The molecule has 1 unspecified atom stereocenters. The van der Waals surface area contributed by atoms with Crippen molar-refractivity contribution in [3.8, 4) is 0 Å². The van der Waals surface area contributed by atoms with Crippen molar-refractivity contribution >= 4 is 18.2 Å². The summed E-state index contributed by atoms with van der Waals surface area (Å²) in [6.07, 6.45) is -2.02. The predicted molar refractivity (Wildman–Crippen MR) is 77.9 cm³/mol. The number of benzene rings is 1. The first kappa shape index (κ1) is 15.4. The number of hydrogen-bond acceptors (Lipinski definition) is 3. The van der Waals surface area contributed by atoms with E-state index in [1.54, 1.807) is 22.9 Å².